The molecule has 2 heterocycles. The Morgan fingerprint density at radius 1 is 1.00 bits per heavy atom. The zero-order chi connectivity index (χ0) is 27.9. The molecule has 0 bridgehead atoms. The first-order valence-electron chi connectivity index (χ1n) is 13.2. The third-order valence-electron chi connectivity index (χ3n) is 6.49. The molecule has 4 N–H and O–H groups in total. The van der Waals surface area contributed by atoms with Crippen LogP contribution in [0.15, 0.2) is 53.7 Å². The number of aromatic nitrogens is 1. The number of amides is 2. The highest BCUT2D eigenvalue weighted by atomic mass is 16.7. The maximum atomic E-state index is 13.7. The Balaban J connectivity index is 1.87. The molecule has 9 nitrogen and oxygen atoms in total. The summed E-state index contributed by atoms with van der Waals surface area (Å²) in [5.41, 5.74) is 1.07. The van der Waals surface area contributed by atoms with Crippen molar-refractivity contribution in [2.45, 2.75) is 77.9 Å². The quantitative estimate of drug-likeness (QED) is 0.317. The number of oxime groups is 1. The molecule has 3 rings (SSSR count). The highest BCUT2D eigenvalue weighted by Crippen LogP contribution is 2.31. The van der Waals surface area contributed by atoms with E-state index in [0.717, 1.165) is 11.3 Å². The molecule has 1 aromatic carbocycles. The second-order valence-electron chi connectivity index (χ2n) is 11.0. The van der Waals surface area contributed by atoms with E-state index < -0.39 is 30.6 Å². The van der Waals surface area contributed by atoms with Crippen molar-refractivity contribution in [3.63, 3.8) is 0 Å². The van der Waals surface area contributed by atoms with Gasteiger partial charge < -0.3 is 25.5 Å². The fraction of sp³-hybridized carbons (Fsp3) is 0.500. The highest BCUT2D eigenvalue weighted by Gasteiger charge is 2.49. The zero-order valence-electron chi connectivity index (χ0n) is 22.8. The number of pyridine rings is 1. The fourth-order valence-corrected chi connectivity index (χ4v) is 4.63. The minimum Gasteiger partial charge on any atom is -0.426 e. The highest BCUT2D eigenvalue weighted by molar-refractivity contribution is 6.43. The molecule has 0 saturated carbocycles. The Hall–Kier alpha value is -3.24. The van der Waals surface area contributed by atoms with Crippen molar-refractivity contribution >= 4 is 24.6 Å². The van der Waals surface area contributed by atoms with Crippen LogP contribution in [0.2, 0.25) is 0 Å². The van der Waals surface area contributed by atoms with Crippen LogP contribution >= 0.6 is 0 Å². The Labute approximate surface area is 225 Å². The largest absolute Gasteiger partial charge is 0.475 e. The first kappa shape index (κ1) is 29.3. The van der Waals surface area contributed by atoms with E-state index in [1.807, 2.05) is 71.0 Å². The maximum Gasteiger partial charge on any atom is 0.475 e. The summed E-state index contributed by atoms with van der Waals surface area (Å²) in [5.74, 6) is -1.31. The molecule has 2 aromatic rings. The smallest absolute Gasteiger partial charge is 0.426 e. The van der Waals surface area contributed by atoms with Gasteiger partial charge >= 0.3 is 7.12 Å². The Bertz CT molecular complexity index is 1130. The van der Waals surface area contributed by atoms with E-state index in [1.165, 1.54) is 0 Å². The van der Waals surface area contributed by atoms with Crippen LogP contribution in [0.25, 0.3) is 0 Å². The first-order chi connectivity index (χ1) is 18.0. The van der Waals surface area contributed by atoms with Gasteiger partial charge in [0.25, 0.3) is 11.8 Å². The van der Waals surface area contributed by atoms with Crippen molar-refractivity contribution in [2.75, 3.05) is 0 Å². The van der Waals surface area contributed by atoms with Crippen molar-refractivity contribution < 1.29 is 24.5 Å². The number of nitrogens with zero attached hydrogens (tertiary/aromatic N) is 2. The molecule has 38 heavy (non-hydrogen) atoms. The third-order valence-corrected chi connectivity index (χ3v) is 6.49. The number of hydrogen-bond acceptors (Lipinski definition) is 7. The standard InChI is InChI=1S/C28H39BN4O5/c1-18(2)14-23(31-26(34)22-13-9-10-20(5)30-22)24-17-28(38-33-24,16-21-11-7-6-8-12-21)27(35)32-25(29(36)37)15-19(3)4/h6-13,18-19,23,25,36-37H,14-17H2,1-5H3,(H,31,34)(H,32,35)/t23-,25-,28?/m0/s1. The third kappa shape index (κ3) is 7.88. The average Bonchev–Trinajstić information content (AvgIpc) is 3.28. The fourth-order valence-electron chi connectivity index (χ4n) is 4.63. The summed E-state index contributed by atoms with van der Waals surface area (Å²) >= 11 is 0. The number of hydrogen-bond donors (Lipinski definition) is 4. The molecule has 3 atom stereocenters. The normalized spacial score (nSPS) is 18.5. The van der Waals surface area contributed by atoms with Gasteiger partial charge in [0, 0.05) is 18.5 Å². The van der Waals surface area contributed by atoms with Gasteiger partial charge in [0.05, 0.1) is 17.7 Å². The van der Waals surface area contributed by atoms with Gasteiger partial charge in [-0.05, 0) is 49.3 Å². The summed E-state index contributed by atoms with van der Waals surface area (Å²) in [5, 5.41) is 30.0. The predicted octanol–water partition coefficient (Wildman–Crippen LogP) is 2.84. The van der Waals surface area contributed by atoms with E-state index >= 15 is 0 Å². The molecular formula is C28H39BN4O5. The minimum absolute atomic E-state index is 0.129. The van der Waals surface area contributed by atoms with Crippen LogP contribution < -0.4 is 10.6 Å². The molecule has 2 amide bonds. The van der Waals surface area contributed by atoms with Crippen LogP contribution in [0.3, 0.4) is 0 Å². The summed E-state index contributed by atoms with van der Waals surface area (Å²) in [6.07, 6.45) is 1.34. The number of nitrogens with one attached hydrogen (secondary N) is 2. The van der Waals surface area contributed by atoms with Crippen LogP contribution in [0, 0.1) is 18.8 Å². The van der Waals surface area contributed by atoms with Crippen molar-refractivity contribution in [2.24, 2.45) is 17.0 Å². The lowest BCUT2D eigenvalue weighted by Gasteiger charge is -2.29. The van der Waals surface area contributed by atoms with Gasteiger partial charge in [-0.3, -0.25) is 9.59 Å². The molecule has 0 radical (unpaired) electrons. The lowest BCUT2D eigenvalue weighted by molar-refractivity contribution is -0.144. The van der Waals surface area contributed by atoms with Gasteiger partial charge in [0.1, 0.15) is 5.69 Å². The molecule has 1 aliphatic heterocycles. The first-order valence-corrected chi connectivity index (χ1v) is 13.2. The molecule has 204 valence electrons. The van der Waals surface area contributed by atoms with Crippen molar-refractivity contribution in [3.05, 3.63) is 65.5 Å². The van der Waals surface area contributed by atoms with Crippen LogP contribution in [0.4, 0.5) is 0 Å². The molecule has 1 unspecified atom stereocenters. The van der Waals surface area contributed by atoms with Gasteiger partial charge in [0.15, 0.2) is 0 Å². The molecule has 0 fully saturated rings. The van der Waals surface area contributed by atoms with E-state index in [9.17, 15) is 19.6 Å². The molecule has 1 aliphatic rings. The van der Waals surface area contributed by atoms with E-state index in [-0.39, 0.29) is 30.6 Å². The van der Waals surface area contributed by atoms with E-state index in [2.05, 4.69) is 20.8 Å². The van der Waals surface area contributed by atoms with Crippen LogP contribution in [0.5, 0.6) is 0 Å². The second kappa shape index (κ2) is 13.0. The van der Waals surface area contributed by atoms with Gasteiger partial charge in [0.2, 0.25) is 5.60 Å². The minimum atomic E-state index is -1.72. The summed E-state index contributed by atoms with van der Waals surface area (Å²) < 4.78 is 0. The van der Waals surface area contributed by atoms with Crippen LogP contribution in [-0.2, 0) is 16.1 Å². The molecule has 0 aliphatic carbocycles. The monoisotopic (exact) mass is 522 g/mol. The van der Waals surface area contributed by atoms with Gasteiger partial charge in [-0.1, -0.05) is 69.2 Å². The van der Waals surface area contributed by atoms with Gasteiger partial charge in [-0.2, -0.15) is 0 Å². The van der Waals surface area contributed by atoms with Gasteiger partial charge in [-0.15, -0.1) is 0 Å². The topological polar surface area (TPSA) is 133 Å². The summed E-state index contributed by atoms with van der Waals surface area (Å²) in [6, 6.07) is 14.3. The maximum absolute atomic E-state index is 13.7. The molecule has 0 spiro atoms. The number of aryl methyl sites for hydroxylation is 1. The number of benzene rings is 1. The molecular weight excluding hydrogens is 483 g/mol. The Kier molecular flexibility index (Phi) is 10.0. The lowest BCUT2D eigenvalue weighted by Crippen LogP contribution is -2.56. The number of rotatable bonds is 12. The van der Waals surface area contributed by atoms with E-state index in [1.54, 1.807) is 12.1 Å². The molecule has 10 heteroatoms. The number of carbonyl (C=O) groups excluding carboxylic acids is 2. The SMILES string of the molecule is Cc1cccc(C(=O)N[C@@H](CC(C)C)C2=NOC(Cc3ccccc3)(C(=O)N[C@@H](CC(C)C)B(O)O)C2)n1. The van der Waals surface area contributed by atoms with Crippen molar-refractivity contribution in [1.82, 2.24) is 15.6 Å². The number of carbonyl (C=O) groups is 2. The Morgan fingerprint density at radius 3 is 2.29 bits per heavy atom. The molecule has 1 aromatic heterocycles. The lowest BCUT2D eigenvalue weighted by atomic mass is 9.74. The predicted molar refractivity (Wildman–Crippen MR) is 147 cm³/mol. The van der Waals surface area contributed by atoms with Crippen LogP contribution in [0.1, 0.15) is 68.7 Å². The molecule has 0 saturated heterocycles. The van der Waals surface area contributed by atoms with Crippen LogP contribution in [-0.4, -0.2) is 57.3 Å². The van der Waals surface area contributed by atoms with Gasteiger partial charge in [-0.25, -0.2) is 4.98 Å². The van der Waals surface area contributed by atoms with Crippen molar-refractivity contribution in [1.29, 1.82) is 0 Å². The zero-order valence-corrected chi connectivity index (χ0v) is 22.8. The van der Waals surface area contributed by atoms with E-state index in [4.69, 9.17) is 4.84 Å². The van der Waals surface area contributed by atoms with Crippen molar-refractivity contribution in [3.8, 4) is 0 Å². The summed E-state index contributed by atoms with van der Waals surface area (Å²) in [4.78, 5) is 37.0. The second-order valence-corrected chi connectivity index (χ2v) is 11.0. The Morgan fingerprint density at radius 2 is 1.68 bits per heavy atom. The average molecular weight is 522 g/mol. The summed E-state index contributed by atoms with van der Waals surface area (Å²) in [7, 11) is -1.72. The van der Waals surface area contributed by atoms with E-state index in [0.29, 0.717) is 24.2 Å². The summed E-state index contributed by atoms with van der Waals surface area (Å²) in [6.45, 7) is 9.80.